The van der Waals surface area contributed by atoms with Gasteiger partial charge in [-0.1, -0.05) is 19.3 Å². The first-order valence-corrected chi connectivity index (χ1v) is 7.11. The molecule has 2 fully saturated rings. The molecule has 0 bridgehead atoms. The highest BCUT2D eigenvalue weighted by Gasteiger charge is 2.44. The number of carboxylic acids is 1. The van der Waals surface area contributed by atoms with E-state index in [1.54, 1.807) is 6.92 Å². The van der Waals surface area contributed by atoms with E-state index in [2.05, 4.69) is 0 Å². The highest BCUT2D eigenvalue weighted by molar-refractivity contribution is 5.74. The van der Waals surface area contributed by atoms with Gasteiger partial charge in [0.05, 0.1) is 17.1 Å². The molecule has 4 heteroatoms. The van der Waals surface area contributed by atoms with E-state index in [1.165, 1.54) is 19.3 Å². The standard InChI is InChI=1S/C14H25NO3/c1-13(10-15,12(16)17)9-11-5-8-14(18-11)6-3-2-4-7-14/h11H,2-10,15H2,1H3,(H,16,17). The molecule has 0 aromatic heterocycles. The fraction of sp³-hybridized carbons (Fsp3) is 0.929. The SMILES string of the molecule is CC(CN)(CC1CCC2(CCCCC2)O1)C(=O)O. The molecule has 1 saturated heterocycles. The van der Waals surface area contributed by atoms with E-state index in [9.17, 15) is 9.90 Å². The first-order valence-electron chi connectivity index (χ1n) is 7.11. The molecule has 1 aliphatic carbocycles. The van der Waals surface area contributed by atoms with Crippen LogP contribution in [-0.2, 0) is 9.53 Å². The average Bonchev–Trinajstić information content (AvgIpc) is 2.72. The number of rotatable bonds is 4. The van der Waals surface area contributed by atoms with Crippen LogP contribution >= 0.6 is 0 Å². The molecule has 4 nitrogen and oxygen atoms in total. The molecule has 2 rings (SSSR count). The quantitative estimate of drug-likeness (QED) is 0.808. The van der Waals surface area contributed by atoms with E-state index in [1.807, 2.05) is 0 Å². The molecule has 2 unspecified atom stereocenters. The van der Waals surface area contributed by atoms with Gasteiger partial charge in [-0.15, -0.1) is 0 Å². The van der Waals surface area contributed by atoms with Crippen molar-refractivity contribution in [3.05, 3.63) is 0 Å². The zero-order valence-corrected chi connectivity index (χ0v) is 11.3. The second-order valence-corrected chi connectivity index (χ2v) is 6.30. The Balaban J connectivity index is 1.94. The topological polar surface area (TPSA) is 72.5 Å². The largest absolute Gasteiger partial charge is 0.481 e. The summed E-state index contributed by atoms with van der Waals surface area (Å²) in [5.74, 6) is -0.807. The number of carbonyl (C=O) groups is 1. The summed E-state index contributed by atoms with van der Waals surface area (Å²) in [5, 5.41) is 9.26. The van der Waals surface area contributed by atoms with Gasteiger partial charge >= 0.3 is 5.97 Å². The molecule has 0 radical (unpaired) electrons. The van der Waals surface area contributed by atoms with Crippen molar-refractivity contribution < 1.29 is 14.6 Å². The molecule has 3 N–H and O–H groups in total. The predicted molar refractivity (Wildman–Crippen MR) is 69.3 cm³/mol. The Morgan fingerprint density at radius 2 is 2.06 bits per heavy atom. The molecule has 2 atom stereocenters. The summed E-state index contributed by atoms with van der Waals surface area (Å²) >= 11 is 0. The van der Waals surface area contributed by atoms with E-state index in [0.29, 0.717) is 6.42 Å². The molecule has 2 aliphatic rings. The lowest BCUT2D eigenvalue weighted by molar-refractivity contribution is -0.151. The van der Waals surface area contributed by atoms with Crippen LogP contribution in [0.1, 0.15) is 58.3 Å². The lowest BCUT2D eigenvalue weighted by Crippen LogP contribution is -2.40. The van der Waals surface area contributed by atoms with Crippen LogP contribution in [-0.4, -0.2) is 29.3 Å². The minimum absolute atomic E-state index is 0.0664. The van der Waals surface area contributed by atoms with Crippen molar-refractivity contribution in [2.45, 2.75) is 70.0 Å². The van der Waals surface area contributed by atoms with Crippen molar-refractivity contribution in [1.82, 2.24) is 0 Å². The predicted octanol–water partition coefficient (Wildman–Crippen LogP) is 2.31. The average molecular weight is 255 g/mol. The Morgan fingerprint density at radius 1 is 1.39 bits per heavy atom. The molecule has 1 heterocycles. The van der Waals surface area contributed by atoms with Crippen LogP contribution in [0.5, 0.6) is 0 Å². The minimum Gasteiger partial charge on any atom is -0.481 e. The monoisotopic (exact) mass is 255 g/mol. The molecular formula is C14H25NO3. The van der Waals surface area contributed by atoms with Gasteiger partial charge in [-0.3, -0.25) is 4.79 Å². The maximum absolute atomic E-state index is 11.3. The van der Waals surface area contributed by atoms with Crippen molar-refractivity contribution in [2.24, 2.45) is 11.1 Å². The fourth-order valence-electron chi connectivity index (χ4n) is 3.36. The van der Waals surface area contributed by atoms with Crippen molar-refractivity contribution in [1.29, 1.82) is 0 Å². The van der Waals surface area contributed by atoms with Gasteiger partial charge in [-0.25, -0.2) is 0 Å². The van der Waals surface area contributed by atoms with E-state index in [0.717, 1.165) is 25.7 Å². The summed E-state index contributed by atoms with van der Waals surface area (Å²) in [4.78, 5) is 11.3. The lowest BCUT2D eigenvalue weighted by atomic mass is 9.82. The third kappa shape index (κ3) is 2.69. The van der Waals surface area contributed by atoms with Crippen molar-refractivity contribution >= 4 is 5.97 Å². The molecule has 1 spiro atoms. The maximum atomic E-state index is 11.3. The molecule has 0 amide bonds. The van der Waals surface area contributed by atoms with Gasteiger partial charge in [-0.05, 0) is 39.0 Å². The van der Waals surface area contributed by atoms with Gasteiger partial charge in [0, 0.05) is 6.54 Å². The van der Waals surface area contributed by atoms with Crippen LogP contribution in [0.4, 0.5) is 0 Å². The Kier molecular flexibility index (Phi) is 3.97. The third-order valence-electron chi connectivity index (χ3n) is 4.75. The van der Waals surface area contributed by atoms with E-state index in [4.69, 9.17) is 10.5 Å². The van der Waals surface area contributed by atoms with Crippen LogP contribution in [0.3, 0.4) is 0 Å². The number of nitrogens with two attached hydrogens (primary N) is 1. The maximum Gasteiger partial charge on any atom is 0.310 e. The van der Waals surface area contributed by atoms with Crippen LogP contribution in [0.25, 0.3) is 0 Å². The second-order valence-electron chi connectivity index (χ2n) is 6.30. The molecule has 0 aromatic rings. The fourth-order valence-corrected chi connectivity index (χ4v) is 3.36. The third-order valence-corrected chi connectivity index (χ3v) is 4.75. The molecule has 0 aromatic carbocycles. The zero-order chi connectivity index (χ0) is 13.2. The smallest absolute Gasteiger partial charge is 0.310 e. The number of hydrogen-bond acceptors (Lipinski definition) is 3. The number of carboxylic acid groups (broad SMARTS) is 1. The highest BCUT2D eigenvalue weighted by atomic mass is 16.5. The molecule has 1 aliphatic heterocycles. The van der Waals surface area contributed by atoms with Gasteiger partial charge in [0.15, 0.2) is 0 Å². The summed E-state index contributed by atoms with van der Waals surface area (Å²) in [5.41, 5.74) is 4.84. The van der Waals surface area contributed by atoms with Gasteiger partial charge in [0.25, 0.3) is 0 Å². The van der Waals surface area contributed by atoms with Crippen LogP contribution in [0, 0.1) is 5.41 Å². The summed E-state index contributed by atoms with van der Waals surface area (Å²) in [6.45, 7) is 1.90. The van der Waals surface area contributed by atoms with E-state index in [-0.39, 0.29) is 18.2 Å². The molecule has 18 heavy (non-hydrogen) atoms. The van der Waals surface area contributed by atoms with Crippen molar-refractivity contribution in [2.75, 3.05) is 6.54 Å². The normalized spacial score (nSPS) is 30.2. The summed E-state index contributed by atoms with van der Waals surface area (Å²) in [6, 6.07) is 0. The molecular weight excluding hydrogens is 230 g/mol. The first kappa shape index (κ1) is 13.8. The van der Waals surface area contributed by atoms with Gasteiger partial charge in [0.2, 0.25) is 0 Å². The van der Waals surface area contributed by atoms with Crippen LogP contribution < -0.4 is 5.73 Å². The van der Waals surface area contributed by atoms with Gasteiger partial charge < -0.3 is 15.6 Å². The van der Waals surface area contributed by atoms with E-state index < -0.39 is 11.4 Å². The summed E-state index contributed by atoms with van der Waals surface area (Å²) < 4.78 is 6.22. The molecule has 104 valence electrons. The van der Waals surface area contributed by atoms with Gasteiger partial charge in [-0.2, -0.15) is 0 Å². The molecule has 1 saturated carbocycles. The summed E-state index contributed by atoms with van der Waals surface area (Å²) in [7, 11) is 0. The second kappa shape index (κ2) is 5.17. The van der Waals surface area contributed by atoms with Crippen LogP contribution in [0.2, 0.25) is 0 Å². The number of aliphatic carboxylic acids is 1. The highest BCUT2D eigenvalue weighted by Crippen LogP contribution is 2.44. The van der Waals surface area contributed by atoms with Crippen molar-refractivity contribution in [3.8, 4) is 0 Å². The minimum atomic E-state index is -0.842. The number of ether oxygens (including phenoxy) is 1. The Hall–Kier alpha value is -0.610. The Labute approximate surface area is 109 Å². The van der Waals surface area contributed by atoms with E-state index >= 15 is 0 Å². The van der Waals surface area contributed by atoms with Crippen LogP contribution in [0.15, 0.2) is 0 Å². The first-order chi connectivity index (χ1) is 8.50. The Bertz CT molecular complexity index is 312. The van der Waals surface area contributed by atoms with Crippen molar-refractivity contribution in [3.63, 3.8) is 0 Å². The lowest BCUT2D eigenvalue weighted by Gasteiger charge is -2.34. The Morgan fingerprint density at radius 3 is 2.61 bits per heavy atom. The van der Waals surface area contributed by atoms with Gasteiger partial charge in [0.1, 0.15) is 0 Å². The number of hydrogen-bond donors (Lipinski definition) is 2. The summed E-state index contributed by atoms with van der Waals surface area (Å²) in [6.07, 6.45) is 8.81. The zero-order valence-electron chi connectivity index (χ0n) is 11.3.